The van der Waals surface area contributed by atoms with Crippen LogP contribution in [-0.2, 0) is 0 Å². The summed E-state index contributed by atoms with van der Waals surface area (Å²) in [5.41, 5.74) is 0.698. The molecule has 1 aromatic carbocycles. The molecule has 0 aromatic heterocycles. The van der Waals surface area contributed by atoms with Gasteiger partial charge in [0.25, 0.3) is 11.8 Å². The van der Waals surface area contributed by atoms with Crippen molar-refractivity contribution in [1.82, 2.24) is 5.32 Å². The van der Waals surface area contributed by atoms with Crippen LogP contribution in [0.1, 0.15) is 34.6 Å². The number of carbonyl (C=O) groups excluding carboxylic acids is 2. The fourth-order valence-electron chi connectivity index (χ4n) is 1.29. The molecule has 2 amide bonds. The SMILES string of the molecule is CC.O=C1NC(=O)c2c(Br)c(Br)c(Br)c(Br)c21. The third-order valence-electron chi connectivity index (χ3n) is 1.95. The van der Waals surface area contributed by atoms with E-state index in [9.17, 15) is 9.59 Å². The van der Waals surface area contributed by atoms with E-state index in [1.807, 2.05) is 13.8 Å². The van der Waals surface area contributed by atoms with Crippen molar-refractivity contribution in [2.75, 3.05) is 0 Å². The normalized spacial score (nSPS) is 12.8. The number of halogens is 4. The lowest BCUT2D eigenvalue weighted by atomic mass is 10.1. The van der Waals surface area contributed by atoms with Gasteiger partial charge in [0.15, 0.2) is 0 Å². The third-order valence-corrected chi connectivity index (χ3v) is 6.72. The summed E-state index contributed by atoms with van der Waals surface area (Å²) in [7, 11) is 0. The van der Waals surface area contributed by atoms with Gasteiger partial charge in [0.1, 0.15) is 0 Å². The van der Waals surface area contributed by atoms with Crippen molar-refractivity contribution in [3.05, 3.63) is 29.0 Å². The number of fused-ring (bicyclic) bond motifs is 1. The summed E-state index contributed by atoms with van der Waals surface area (Å²) in [4.78, 5) is 23.0. The van der Waals surface area contributed by atoms with Gasteiger partial charge < -0.3 is 0 Å². The van der Waals surface area contributed by atoms with Gasteiger partial charge in [0.2, 0.25) is 0 Å². The predicted molar refractivity (Wildman–Crippen MR) is 80.4 cm³/mol. The van der Waals surface area contributed by atoms with Crippen LogP contribution in [0.2, 0.25) is 0 Å². The number of imide groups is 1. The standard InChI is InChI=1S/C8HBr4NO2.C2H6/c9-3-1-2(8(15)13-7(1)14)4(10)6(12)5(3)11;1-2/h(H,13,14,15);1-2H3. The molecule has 0 atom stereocenters. The van der Waals surface area contributed by atoms with Crippen LogP contribution < -0.4 is 5.32 Å². The zero-order valence-electron chi connectivity index (χ0n) is 8.83. The minimum absolute atomic E-state index is 0.349. The Bertz CT molecular complexity index is 469. The summed E-state index contributed by atoms with van der Waals surface area (Å²) in [5.74, 6) is -0.786. The van der Waals surface area contributed by atoms with E-state index in [-0.39, 0.29) is 0 Å². The zero-order chi connectivity index (χ0) is 13.3. The van der Waals surface area contributed by atoms with Crippen LogP contribution in [0.5, 0.6) is 0 Å². The van der Waals surface area contributed by atoms with Crippen molar-refractivity contribution >= 4 is 75.5 Å². The molecular formula is C10H7Br4NO2. The van der Waals surface area contributed by atoms with E-state index in [2.05, 4.69) is 69.0 Å². The molecule has 1 aromatic rings. The van der Waals surface area contributed by atoms with Gasteiger partial charge in [-0.2, -0.15) is 0 Å². The van der Waals surface area contributed by atoms with Crippen LogP contribution in [0.25, 0.3) is 0 Å². The highest BCUT2D eigenvalue weighted by Gasteiger charge is 2.34. The molecular weight excluding hydrogens is 486 g/mol. The molecule has 0 aliphatic carbocycles. The van der Waals surface area contributed by atoms with Gasteiger partial charge in [-0.25, -0.2) is 0 Å². The lowest BCUT2D eigenvalue weighted by molar-refractivity contribution is 0.0879. The summed E-state index contributed by atoms with van der Waals surface area (Å²) >= 11 is 13.2. The molecule has 1 aliphatic rings. The summed E-state index contributed by atoms with van der Waals surface area (Å²) in [6.07, 6.45) is 0. The Morgan fingerprint density at radius 2 is 1.00 bits per heavy atom. The average Bonchev–Trinajstić information content (AvgIpc) is 2.61. The monoisotopic (exact) mass is 489 g/mol. The van der Waals surface area contributed by atoms with Crippen LogP contribution in [0, 0.1) is 0 Å². The van der Waals surface area contributed by atoms with Crippen LogP contribution in [0.15, 0.2) is 17.9 Å². The topological polar surface area (TPSA) is 46.2 Å². The van der Waals surface area contributed by atoms with Crippen molar-refractivity contribution in [3.63, 3.8) is 0 Å². The fourth-order valence-corrected chi connectivity index (χ4v) is 3.76. The number of rotatable bonds is 0. The lowest BCUT2D eigenvalue weighted by Crippen LogP contribution is -2.20. The van der Waals surface area contributed by atoms with Crippen molar-refractivity contribution in [2.45, 2.75) is 13.8 Å². The average molecular weight is 493 g/mol. The Hall–Kier alpha value is 0.280. The molecule has 92 valence electrons. The molecule has 0 spiro atoms. The van der Waals surface area contributed by atoms with Gasteiger partial charge in [-0.15, -0.1) is 0 Å². The summed E-state index contributed by atoms with van der Waals surface area (Å²) in [6, 6.07) is 0. The Morgan fingerprint density at radius 3 is 1.29 bits per heavy atom. The number of hydrogen-bond acceptors (Lipinski definition) is 2. The van der Waals surface area contributed by atoms with E-state index in [1.165, 1.54) is 0 Å². The van der Waals surface area contributed by atoms with Gasteiger partial charge in [0.05, 0.1) is 11.1 Å². The van der Waals surface area contributed by atoms with Gasteiger partial charge >= 0.3 is 0 Å². The smallest absolute Gasteiger partial charge is 0.260 e. The maximum absolute atomic E-state index is 11.5. The highest BCUT2D eigenvalue weighted by Crippen LogP contribution is 2.43. The Balaban J connectivity index is 0.000000686. The van der Waals surface area contributed by atoms with Gasteiger partial charge in [-0.3, -0.25) is 14.9 Å². The van der Waals surface area contributed by atoms with Crippen molar-refractivity contribution in [2.24, 2.45) is 0 Å². The molecule has 1 aliphatic heterocycles. The molecule has 1 heterocycles. The first-order valence-electron chi connectivity index (χ1n) is 4.66. The summed E-state index contributed by atoms with van der Waals surface area (Å²) in [6.45, 7) is 4.00. The minimum atomic E-state index is -0.393. The second-order valence-corrected chi connectivity index (χ2v) is 5.96. The first-order chi connectivity index (χ1) is 7.95. The largest absolute Gasteiger partial charge is 0.288 e. The van der Waals surface area contributed by atoms with Crippen LogP contribution in [-0.4, -0.2) is 11.8 Å². The van der Waals surface area contributed by atoms with Crippen molar-refractivity contribution < 1.29 is 9.59 Å². The number of benzene rings is 1. The van der Waals surface area contributed by atoms with Crippen LogP contribution in [0.4, 0.5) is 0 Å². The molecule has 0 saturated heterocycles. The number of nitrogens with one attached hydrogen (secondary N) is 1. The molecule has 17 heavy (non-hydrogen) atoms. The fraction of sp³-hybridized carbons (Fsp3) is 0.200. The first kappa shape index (κ1) is 15.3. The van der Waals surface area contributed by atoms with E-state index < -0.39 is 11.8 Å². The summed E-state index contributed by atoms with van der Waals surface area (Å²) < 4.78 is 2.52. The van der Waals surface area contributed by atoms with E-state index in [4.69, 9.17) is 0 Å². The molecule has 0 fully saturated rings. The van der Waals surface area contributed by atoms with Gasteiger partial charge in [0, 0.05) is 17.9 Å². The maximum atomic E-state index is 11.5. The number of carbonyl (C=O) groups is 2. The van der Waals surface area contributed by atoms with Gasteiger partial charge in [-0.05, 0) is 63.7 Å². The number of amides is 2. The molecule has 0 radical (unpaired) electrons. The van der Waals surface area contributed by atoms with E-state index in [1.54, 1.807) is 0 Å². The Kier molecular flexibility index (Phi) is 5.37. The highest BCUT2D eigenvalue weighted by molar-refractivity contribution is 9.15. The van der Waals surface area contributed by atoms with Crippen molar-refractivity contribution in [3.8, 4) is 0 Å². The zero-order valence-corrected chi connectivity index (χ0v) is 15.2. The minimum Gasteiger partial charge on any atom is -0.288 e. The second-order valence-electron chi connectivity index (χ2n) is 2.79. The number of hydrogen-bond donors (Lipinski definition) is 1. The quantitative estimate of drug-likeness (QED) is 0.326. The molecule has 3 nitrogen and oxygen atoms in total. The van der Waals surface area contributed by atoms with Crippen LogP contribution >= 0.6 is 63.7 Å². The summed E-state index contributed by atoms with van der Waals surface area (Å²) in [5, 5.41) is 2.24. The third kappa shape index (κ3) is 2.52. The first-order valence-corrected chi connectivity index (χ1v) is 7.84. The molecule has 7 heteroatoms. The molecule has 0 bridgehead atoms. The van der Waals surface area contributed by atoms with Gasteiger partial charge in [-0.1, -0.05) is 13.8 Å². The molecule has 0 unspecified atom stereocenters. The van der Waals surface area contributed by atoms with E-state index in [0.717, 1.165) is 0 Å². The van der Waals surface area contributed by atoms with E-state index >= 15 is 0 Å². The lowest BCUT2D eigenvalue weighted by Gasteiger charge is -2.07. The molecule has 1 N–H and O–H groups in total. The Labute approximate surface area is 132 Å². The van der Waals surface area contributed by atoms with E-state index in [0.29, 0.717) is 29.0 Å². The second kappa shape index (κ2) is 5.95. The van der Waals surface area contributed by atoms with Crippen molar-refractivity contribution in [1.29, 1.82) is 0 Å². The predicted octanol–water partition coefficient (Wildman–Crippen LogP) is 4.65. The Morgan fingerprint density at radius 1 is 0.706 bits per heavy atom. The molecule has 2 rings (SSSR count). The highest BCUT2D eigenvalue weighted by atomic mass is 79.9. The maximum Gasteiger partial charge on any atom is 0.260 e. The van der Waals surface area contributed by atoms with Crippen LogP contribution in [0.3, 0.4) is 0 Å². The molecule has 0 saturated carbocycles.